The Kier molecular flexibility index (Phi) is 10.1. The molecule has 0 spiro atoms. The highest BCUT2D eigenvalue weighted by molar-refractivity contribution is 4.91. The SMILES string of the molecule is CCCCCCCCCn1cc(CNCCOC)nn1. The summed E-state index contributed by atoms with van der Waals surface area (Å²) in [7, 11) is 1.71. The number of rotatable bonds is 13. The summed E-state index contributed by atoms with van der Waals surface area (Å²) in [5.74, 6) is 0. The summed E-state index contributed by atoms with van der Waals surface area (Å²) >= 11 is 0. The van der Waals surface area contributed by atoms with Crippen molar-refractivity contribution in [2.24, 2.45) is 0 Å². The lowest BCUT2D eigenvalue weighted by molar-refractivity contribution is 0.199. The van der Waals surface area contributed by atoms with E-state index in [1.165, 1.54) is 44.9 Å². The van der Waals surface area contributed by atoms with Gasteiger partial charge in [-0.1, -0.05) is 50.7 Å². The maximum atomic E-state index is 4.98. The second-order valence-electron chi connectivity index (χ2n) is 5.26. The Bertz CT molecular complexity index is 327. The van der Waals surface area contributed by atoms with Gasteiger partial charge in [-0.15, -0.1) is 5.10 Å². The first-order valence-corrected chi connectivity index (χ1v) is 7.95. The maximum Gasteiger partial charge on any atom is 0.0964 e. The van der Waals surface area contributed by atoms with Gasteiger partial charge in [0.1, 0.15) is 0 Å². The van der Waals surface area contributed by atoms with Crippen molar-refractivity contribution in [1.82, 2.24) is 20.3 Å². The first-order valence-electron chi connectivity index (χ1n) is 7.95. The van der Waals surface area contributed by atoms with Gasteiger partial charge in [-0.25, -0.2) is 0 Å². The molecule has 116 valence electrons. The Morgan fingerprint density at radius 2 is 1.90 bits per heavy atom. The van der Waals surface area contributed by atoms with Crippen LogP contribution in [0.5, 0.6) is 0 Å². The van der Waals surface area contributed by atoms with Crippen LogP contribution in [-0.2, 0) is 17.8 Å². The fourth-order valence-electron chi connectivity index (χ4n) is 2.15. The van der Waals surface area contributed by atoms with Gasteiger partial charge in [0, 0.05) is 32.9 Å². The minimum absolute atomic E-state index is 0.728. The molecule has 0 aromatic carbocycles. The van der Waals surface area contributed by atoms with Gasteiger partial charge in [0.2, 0.25) is 0 Å². The predicted octanol–water partition coefficient (Wildman–Crippen LogP) is 2.76. The summed E-state index contributed by atoms with van der Waals surface area (Å²) in [6.07, 6.45) is 11.3. The molecule has 1 N–H and O–H groups in total. The van der Waals surface area contributed by atoms with E-state index in [1.54, 1.807) is 7.11 Å². The fraction of sp³-hybridized carbons (Fsp3) is 0.867. The first-order chi connectivity index (χ1) is 9.86. The van der Waals surface area contributed by atoms with E-state index in [0.29, 0.717) is 0 Å². The number of aryl methyl sites for hydroxylation is 1. The standard InChI is InChI=1S/C15H30N4O/c1-3-4-5-6-7-8-9-11-19-14-15(17-18-19)13-16-10-12-20-2/h14,16H,3-13H2,1-2H3. The molecule has 0 aliphatic carbocycles. The minimum Gasteiger partial charge on any atom is -0.383 e. The number of methoxy groups -OCH3 is 1. The molecule has 0 radical (unpaired) electrons. The number of aromatic nitrogens is 3. The average Bonchev–Trinajstić information content (AvgIpc) is 2.90. The molecule has 20 heavy (non-hydrogen) atoms. The fourth-order valence-corrected chi connectivity index (χ4v) is 2.15. The molecule has 1 aromatic heterocycles. The number of nitrogens with zero attached hydrogens (tertiary/aromatic N) is 3. The molecule has 0 atom stereocenters. The highest BCUT2D eigenvalue weighted by Gasteiger charge is 2.00. The van der Waals surface area contributed by atoms with Crippen LogP contribution in [0.4, 0.5) is 0 Å². The molecular weight excluding hydrogens is 252 g/mol. The topological polar surface area (TPSA) is 52.0 Å². The third-order valence-corrected chi connectivity index (χ3v) is 3.37. The van der Waals surface area contributed by atoms with Crippen molar-refractivity contribution >= 4 is 0 Å². The Morgan fingerprint density at radius 3 is 2.65 bits per heavy atom. The second kappa shape index (κ2) is 11.9. The highest BCUT2D eigenvalue weighted by Crippen LogP contribution is 2.07. The first kappa shape index (κ1) is 17.1. The predicted molar refractivity (Wildman–Crippen MR) is 81.6 cm³/mol. The molecule has 1 aromatic rings. The molecule has 5 heteroatoms. The molecule has 0 unspecified atom stereocenters. The van der Waals surface area contributed by atoms with E-state index in [4.69, 9.17) is 4.74 Å². The molecule has 0 fully saturated rings. The quantitative estimate of drug-likeness (QED) is 0.565. The van der Waals surface area contributed by atoms with Crippen molar-refractivity contribution in [1.29, 1.82) is 0 Å². The van der Waals surface area contributed by atoms with Crippen LogP contribution in [0.25, 0.3) is 0 Å². The number of nitrogens with one attached hydrogen (secondary N) is 1. The van der Waals surface area contributed by atoms with Gasteiger partial charge in [0.05, 0.1) is 12.3 Å². The summed E-state index contributed by atoms with van der Waals surface area (Å²) in [5.41, 5.74) is 1.00. The van der Waals surface area contributed by atoms with Gasteiger partial charge in [-0.05, 0) is 6.42 Å². The van der Waals surface area contributed by atoms with Gasteiger partial charge in [0.15, 0.2) is 0 Å². The summed E-state index contributed by atoms with van der Waals surface area (Å²) in [4.78, 5) is 0. The molecule has 0 aliphatic rings. The Labute approximate surface area is 123 Å². The zero-order valence-electron chi connectivity index (χ0n) is 13.1. The summed E-state index contributed by atoms with van der Waals surface area (Å²) in [5, 5.41) is 11.6. The zero-order chi connectivity index (χ0) is 14.5. The zero-order valence-corrected chi connectivity index (χ0v) is 13.1. The third-order valence-electron chi connectivity index (χ3n) is 3.37. The second-order valence-corrected chi connectivity index (χ2v) is 5.26. The molecule has 0 amide bonds. The Morgan fingerprint density at radius 1 is 1.15 bits per heavy atom. The lowest BCUT2D eigenvalue weighted by Crippen LogP contribution is -2.18. The van der Waals surface area contributed by atoms with E-state index in [-0.39, 0.29) is 0 Å². The number of ether oxygens (including phenoxy) is 1. The van der Waals surface area contributed by atoms with Gasteiger partial charge in [-0.3, -0.25) is 4.68 Å². The molecule has 0 saturated heterocycles. The van der Waals surface area contributed by atoms with Crippen LogP contribution < -0.4 is 5.32 Å². The van der Waals surface area contributed by atoms with Crippen molar-refractivity contribution < 1.29 is 4.74 Å². The van der Waals surface area contributed by atoms with Crippen molar-refractivity contribution in [3.05, 3.63) is 11.9 Å². The van der Waals surface area contributed by atoms with Crippen LogP contribution in [0.3, 0.4) is 0 Å². The van der Waals surface area contributed by atoms with Crippen LogP contribution in [0.1, 0.15) is 57.6 Å². The number of unbranched alkanes of at least 4 members (excludes halogenated alkanes) is 6. The molecule has 1 heterocycles. The van der Waals surface area contributed by atoms with Crippen molar-refractivity contribution in [3.8, 4) is 0 Å². The normalized spacial score (nSPS) is 11.1. The minimum atomic E-state index is 0.728. The van der Waals surface area contributed by atoms with Gasteiger partial charge >= 0.3 is 0 Å². The number of hydrogen-bond acceptors (Lipinski definition) is 4. The third kappa shape index (κ3) is 8.27. The molecule has 1 rings (SSSR count). The highest BCUT2D eigenvalue weighted by atomic mass is 16.5. The smallest absolute Gasteiger partial charge is 0.0964 e. The van der Waals surface area contributed by atoms with Crippen LogP contribution in [0.15, 0.2) is 6.20 Å². The van der Waals surface area contributed by atoms with E-state index in [2.05, 4.69) is 22.6 Å². The van der Waals surface area contributed by atoms with Crippen LogP contribution in [0.2, 0.25) is 0 Å². The van der Waals surface area contributed by atoms with Crippen molar-refractivity contribution in [3.63, 3.8) is 0 Å². The summed E-state index contributed by atoms with van der Waals surface area (Å²) in [6.45, 7) is 5.58. The maximum absolute atomic E-state index is 4.98. The average molecular weight is 282 g/mol. The largest absolute Gasteiger partial charge is 0.383 e. The van der Waals surface area contributed by atoms with Gasteiger partial charge < -0.3 is 10.1 Å². The van der Waals surface area contributed by atoms with Gasteiger partial charge in [-0.2, -0.15) is 0 Å². The number of hydrogen-bond donors (Lipinski definition) is 1. The Balaban J connectivity index is 2.02. The van der Waals surface area contributed by atoms with E-state index < -0.39 is 0 Å². The molecule has 0 aliphatic heterocycles. The van der Waals surface area contributed by atoms with Gasteiger partial charge in [0.25, 0.3) is 0 Å². The van der Waals surface area contributed by atoms with E-state index in [1.807, 2.05) is 10.9 Å². The molecule has 0 saturated carbocycles. The molecular formula is C15H30N4O. The van der Waals surface area contributed by atoms with Crippen molar-refractivity contribution in [2.75, 3.05) is 20.3 Å². The van der Waals surface area contributed by atoms with Crippen LogP contribution >= 0.6 is 0 Å². The lowest BCUT2D eigenvalue weighted by atomic mass is 10.1. The van der Waals surface area contributed by atoms with Crippen LogP contribution in [-0.4, -0.2) is 35.3 Å². The molecule has 0 bridgehead atoms. The van der Waals surface area contributed by atoms with Crippen LogP contribution in [0, 0.1) is 0 Å². The van der Waals surface area contributed by atoms with Crippen molar-refractivity contribution in [2.45, 2.75) is 65.0 Å². The van der Waals surface area contributed by atoms with E-state index in [0.717, 1.165) is 31.9 Å². The van der Waals surface area contributed by atoms with E-state index in [9.17, 15) is 0 Å². The molecule has 5 nitrogen and oxygen atoms in total. The van der Waals surface area contributed by atoms with E-state index >= 15 is 0 Å². The lowest BCUT2D eigenvalue weighted by Gasteiger charge is -2.01. The summed E-state index contributed by atoms with van der Waals surface area (Å²) < 4.78 is 6.94. The Hall–Kier alpha value is -0.940. The summed E-state index contributed by atoms with van der Waals surface area (Å²) in [6, 6.07) is 0. The monoisotopic (exact) mass is 282 g/mol.